The van der Waals surface area contributed by atoms with Crippen LogP contribution in [0.1, 0.15) is 48.8 Å². The Labute approximate surface area is 147 Å². The molecule has 0 spiro atoms. The molecule has 1 aliphatic carbocycles. The Bertz CT molecular complexity index is 819. The molecule has 0 atom stereocenters. The minimum Gasteiger partial charge on any atom is -0.356 e. The minimum atomic E-state index is -0.00599. The zero-order valence-corrected chi connectivity index (χ0v) is 15.0. The molecule has 0 N–H and O–H groups in total. The molecule has 2 aromatic heterocycles. The lowest BCUT2D eigenvalue weighted by Gasteiger charge is -2.33. The van der Waals surface area contributed by atoms with Crippen molar-refractivity contribution in [2.45, 2.75) is 52.0 Å². The fourth-order valence-electron chi connectivity index (χ4n) is 3.53. The topological polar surface area (TPSA) is 63.9 Å². The molecule has 6 heteroatoms. The van der Waals surface area contributed by atoms with Crippen molar-refractivity contribution in [3.8, 4) is 0 Å². The highest BCUT2D eigenvalue weighted by Gasteiger charge is 2.28. The maximum absolute atomic E-state index is 11.9. The summed E-state index contributed by atoms with van der Waals surface area (Å²) in [5, 5.41) is 4.36. The Morgan fingerprint density at radius 2 is 1.80 bits per heavy atom. The summed E-state index contributed by atoms with van der Waals surface area (Å²) in [5.41, 5.74) is 1.94. The maximum Gasteiger partial charge on any atom is 0.266 e. The predicted octanol–water partition coefficient (Wildman–Crippen LogP) is 2.44. The van der Waals surface area contributed by atoms with Crippen molar-refractivity contribution in [2.75, 3.05) is 18.0 Å². The number of piperidine rings is 1. The van der Waals surface area contributed by atoms with Gasteiger partial charge in [-0.05, 0) is 51.5 Å². The second-order valence-electron chi connectivity index (χ2n) is 7.43. The first-order valence-corrected chi connectivity index (χ1v) is 9.24. The van der Waals surface area contributed by atoms with Crippen LogP contribution in [0.2, 0.25) is 0 Å². The highest BCUT2D eigenvalue weighted by molar-refractivity contribution is 5.40. The number of aryl methyl sites for hydroxylation is 2. The van der Waals surface area contributed by atoms with Crippen molar-refractivity contribution >= 4 is 5.82 Å². The normalized spacial score (nSPS) is 18.6. The number of nitrogens with zero attached hydrogens (tertiary/aromatic N) is 5. The quantitative estimate of drug-likeness (QED) is 0.856. The average Bonchev–Trinajstić information content (AvgIpc) is 3.43. The van der Waals surface area contributed by atoms with Gasteiger partial charge in [-0.15, -0.1) is 0 Å². The lowest BCUT2D eigenvalue weighted by molar-refractivity contribution is 0.333. The van der Waals surface area contributed by atoms with E-state index in [1.54, 1.807) is 16.8 Å². The second kappa shape index (κ2) is 6.58. The van der Waals surface area contributed by atoms with Gasteiger partial charge < -0.3 is 4.90 Å². The first-order chi connectivity index (χ1) is 12.1. The van der Waals surface area contributed by atoms with E-state index < -0.39 is 0 Å². The lowest BCUT2D eigenvalue weighted by Crippen LogP contribution is -2.37. The first-order valence-electron chi connectivity index (χ1n) is 9.24. The Morgan fingerprint density at radius 1 is 1.04 bits per heavy atom. The van der Waals surface area contributed by atoms with Crippen LogP contribution in [0, 0.1) is 19.8 Å². The van der Waals surface area contributed by atoms with Crippen molar-refractivity contribution in [2.24, 2.45) is 5.92 Å². The molecule has 1 saturated carbocycles. The smallest absolute Gasteiger partial charge is 0.266 e. The standard InChI is InChI=1S/C19H25N5O/c1-13-3-6-18(25)24(22-13)12-15-7-9-23(10-8-15)17-11-14(2)20-19(21-17)16-4-5-16/h3,6,11,15-16H,4-5,7-10,12H2,1-2H3. The van der Waals surface area contributed by atoms with Crippen LogP contribution in [0.15, 0.2) is 23.0 Å². The van der Waals surface area contributed by atoms with E-state index in [1.165, 1.54) is 12.8 Å². The van der Waals surface area contributed by atoms with Gasteiger partial charge in [0.2, 0.25) is 0 Å². The molecule has 0 radical (unpaired) electrons. The van der Waals surface area contributed by atoms with Gasteiger partial charge in [0, 0.05) is 43.4 Å². The molecule has 1 saturated heterocycles. The number of hydrogen-bond donors (Lipinski definition) is 0. The third kappa shape index (κ3) is 3.72. The molecule has 4 rings (SSSR count). The Morgan fingerprint density at radius 3 is 2.52 bits per heavy atom. The zero-order chi connectivity index (χ0) is 17.4. The molecule has 2 aromatic rings. The SMILES string of the molecule is Cc1cc(N2CCC(Cn3nc(C)ccc3=O)CC2)nc(C2CC2)n1. The number of rotatable bonds is 4. The van der Waals surface area contributed by atoms with E-state index in [2.05, 4.69) is 28.0 Å². The lowest BCUT2D eigenvalue weighted by atomic mass is 9.97. The van der Waals surface area contributed by atoms with Gasteiger partial charge in [-0.3, -0.25) is 4.79 Å². The molecule has 2 fully saturated rings. The first kappa shape index (κ1) is 16.2. The number of aromatic nitrogens is 4. The summed E-state index contributed by atoms with van der Waals surface area (Å²) in [7, 11) is 0. The number of hydrogen-bond acceptors (Lipinski definition) is 5. The summed E-state index contributed by atoms with van der Waals surface area (Å²) in [6.07, 6.45) is 4.57. The molecule has 6 nitrogen and oxygen atoms in total. The van der Waals surface area contributed by atoms with Crippen LogP contribution in [-0.2, 0) is 6.54 Å². The van der Waals surface area contributed by atoms with Crippen molar-refractivity contribution in [1.29, 1.82) is 0 Å². The van der Waals surface area contributed by atoms with E-state index in [9.17, 15) is 4.79 Å². The van der Waals surface area contributed by atoms with E-state index >= 15 is 0 Å². The van der Waals surface area contributed by atoms with E-state index in [1.807, 2.05) is 6.92 Å². The van der Waals surface area contributed by atoms with Crippen LogP contribution >= 0.6 is 0 Å². The van der Waals surface area contributed by atoms with Gasteiger partial charge in [0.15, 0.2) is 0 Å². The van der Waals surface area contributed by atoms with Crippen LogP contribution in [0.25, 0.3) is 0 Å². The molecule has 132 valence electrons. The molecule has 3 heterocycles. The summed E-state index contributed by atoms with van der Waals surface area (Å²) in [6.45, 7) is 6.65. The Hall–Kier alpha value is -2.24. The van der Waals surface area contributed by atoms with Crippen LogP contribution in [-0.4, -0.2) is 32.8 Å². The third-order valence-electron chi connectivity index (χ3n) is 5.17. The van der Waals surface area contributed by atoms with Crippen LogP contribution in [0.4, 0.5) is 5.82 Å². The zero-order valence-electron chi connectivity index (χ0n) is 15.0. The van der Waals surface area contributed by atoms with Gasteiger partial charge in [-0.1, -0.05) is 0 Å². The van der Waals surface area contributed by atoms with Gasteiger partial charge >= 0.3 is 0 Å². The molecule has 2 aliphatic rings. The van der Waals surface area contributed by atoms with E-state index in [-0.39, 0.29) is 5.56 Å². The summed E-state index contributed by atoms with van der Waals surface area (Å²) >= 11 is 0. The van der Waals surface area contributed by atoms with Gasteiger partial charge in [0.25, 0.3) is 5.56 Å². The Balaban J connectivity index is 1.41. The minimum absolute atomic E-state index is 0.00599. The van der Waals surface area contributed by atoms with Gasteiger partial charge in [0.1, 0.15) is 11.6 Å². The molecular formula is C19H25N5O. The molecule has 0 amide bonds. The molecule has 0 unspecified atom stereocenters. The van der Waals surface area contributed by atoms with Crippen LogP contribution in [0.3, 0.4) is 0 Å². The Kier molecular flexibility index (Phi) is 4.27. The molecule has 25 heavy (non-hydrogen) atoms. The largest absolute Gasteiger partial charge is 0.356 e. The molecule has 0 aromatic carbocycles. The van der Waals surface area contributed by atoms with Crippen LogP contribution < -0.4 is 10.5 Å². The third-order valence-corrected chi connectivity index (χ3v) is 5.17. The van der Waals surface area contributed by atoms with Gasteiger partial charge in [0.05, 0.1) is 5.69 Å². The van der Waals surface area contributed by atoms with E-state index in [0.717, 1.165) is 49.0 Å². The summed E-state index contributed by atoms with van der Waals surface area (Å²) in [6, 6.07) is 5.48. The van der Waals surface area contributed by atoms with E-state index in [0.29, 0.717) is 18.4 Å². The molecular weight excluding hydrogens is 314 g/mol. The molecule has 1 aliphatic heterocycles. The van der Waals surface area contributed by atoms with Gasteiger partial charge in [-0.2, -0.15) is 5.10 Å². The van der Waals surface area contributed by atoms with Crippen molar-refractivity contribution in [3.63, 3.8) is 0 Å². The van der Waals surface area contributed by atoms with Crippen molar-refractivity contribution < 1.29 is 0 Å². The fourth-order valence-corrected chi connectivity index (χ4v) is 3.53. The van der Waals surface area contributed by atoms with Crippen LogP contribution in [0.5, 0.6) is 0 Å². The maximum atomic E-state index is 11.9. The van der Waals surface area contributed by atoms with Crippen molar-refractivity contribution in [1.82, 2.24) is 19.7 Å². The molecule has 0 bridgehead atoms. The average molecular weight is 339 g/mol. The van der Waals surface area contributed by atoms with Gasteiger partial charge in [-0.25, -0.2) is 14.6 Å². The predicted molar refractivity (Wildman–Crippen MR) is 96.9 cm³/mol. The summed E-state index contributed by atoms with van der Waals surface area (Å²) in [5.74, 6) is 3.16. The number of anilines is 1. The van der Waals surface area contributed by atoms with Crippen molar-refractivity contribution in [3.05, 3.63) is 45.8 Å². The highest BCUT2D eigenvalue weighted by atomic mass is 16.1. The highest BCUT2D eigenvalue weighted by Crippen LogP contribution is 2.38. The van der Waals surface area contributed by atoms with E-state index in [4.69, 9.17) is 4.98 Å². The second-order valence-corrected chi connectivity index (χ2v) is 7.43. The monoisotopic (exact) mass is 339 g/mol. The fraction of sp³-hybridized carbons (Fsp3) is 0.579. The summed E-state index contributed by atoms with van der Waals surface area (Å²) < 4.78 is 1.62. The summed E-state index contributed by atoms with van der Waals surface area (Å²) in [4.78, 5) is 23.7.